The van der Waals surface area contributed by atoms with Crippen molar-refractivity contribution in [2.75, 3.05) is 7.11 Å². The molecule has 1 amide bonds. The molecule has 0 unspecified atom stereocenters. The van der Waals surface area contributed by atoms with E-state index < -0.39 is 11.8 Å². The van der Waals surface area contributed by atoms with Gasteiger partial charge in [-0.15, -0.1) is 0 Å². The van der Waals surface area contributed by atoms with Crippen molar-refractivity contribution < 1.29 is 14.3 Å². The molecule has 0 aliphatic rings. The van der Waals surface area contributed by atoms with Gasteiger partial charge in [-0.3, -0.25) is 10.1 Å². The molecule has 0 rings (SSSR count). The number of alkyl carbamates (subject to hydrolysis) is 1. The number of nitrogens with two attached hydrogens (primary N) is 1. The molecule has 0 saturated heterocycles. The van der Waals surface area contributed by atoms with Crippen molar-refractivity contribution >= 4 is 11.9 Å². The van der Waals surface area contributed by atoms with E-state index in [-0.39, 0.29) is 5.78 Å². The first-order valence-corrected chi connectivity index (χ1v) is 4.12. The maximum absolute atomic E-state index is 11.1. The second-order valence-electron chi connectivity index (χ2n) is 2.89. The molecule has 0 aliphatic heterocycles. The molecular formula is C8H16N2O3. The maximum atomic E-state index is 11.1. The number of amides is 1. The van der Waals surface area contributed by atoms with Crippen molar-refractivity contribution in [3.8, 4) is 0 Å². The van der Waals surface area contributed by atoms with Crippen LogP contribution in [0.2, 0.25) is 0 Å². The Balaban J connectivity index is 4.41. The normalized spacial score (nSPS) is 14.5. The summed E-state index contributed by atoms with van der Waals surface area (Å²) in [5.74, 6) is -0.278. The SMILES string of the molecule is CCC[C@](N)(NC(=O)OC)C(C)=O. The molecule has 0 aromatic heterocycles. The largest absolute Gasteiger partial charge is 0.453 e. The highest BCUT2D eigenvalue weighted by atomic mass is 16.5. The number of ketones is 1. The van der Waals surface area contributed by atoms with E-state index >= 15 is 0 Å². The minimum Gasteiger partial charge on any atom is -0.453 e. The fourth-order valence-corrected chi connectivity index (χ4v) is 0.954. The molecule has 0 aliphatic carbocycles. The Labute approximate surface area is 77.6 Å². The molecule has 0 aromatic carbocycles. The molecule has 0 bridgehead atoms. The lowest BCUT2D eigenvalue weighted by Gasteiger charge is -2.26. The number of carbonyl (C=O) groups is 2. The summed E-state index contributed by atoms with van der Waals surface area (Å²) in [5, 5.41) is 2.31. The van der Waals surface area contributed by atoms with Crippen molar-refractivity contribution in [3.05, 3.63) is 0 Å². The number of ether oxygens (including phenoxy) is 1. The first-order valence-electron chi connectivity index (χ1n) is 4.12. The van der Waals surface area contributed by atoms with Gasteiger partial charge in [0, 0.05) is 0 Å². The van der Waals surface area contributed by atoms with Crippen LogP contribution in [0.3, 0.4) is 0 Å². The smallest absolute Gasteiger partial charge is 0.408 e. The Bertz CT molecular complexity index is 206. The van der Waals surface area contributed by atoms with E-state index in [0.29, 0.717) is 12.8 Å². The summed E-state index contributed by atoms with van der Waals surface area (Å²) in [4.78, 5) is 22.0. The fourth-order valence-electron chi connectivity index (χ4n) is 0.954. The number of nitrogens with one attached hydrogen (secondary N) is 1. The minimum atomic E-state index is -1.29. The molecule has 0 spiro atoms. The molecule has 0 saturated carbocycles. The molecule has 3 N–H and O–H groups in total. The molecule has 13 heavy (non-hydrogen) atoms. The predicted molar refractivity (Wildman–Crippen MR) is 48.0 cm³/mol. The highest BCUT2D eigenvalue weighted by molar-refractivity contribution is 5.88. The zero-order valence-corrected chi connectivity index (χ0v) is 8.22. The van der Waals surface area contributed by atoms with Crippen LogP contribution in [-0.4, -0.2) is 24.6 Å². The third kappa shape index (κ3) is 3.42. The summed E-state index contributed by atoms with van der Waals surface area (Å²) < 4.78 is 4.36. The molecule has 0 aromatic rings. The van der Waals surface area contributed by atoms with Crippen molar-refractivity contribution in [1.29, 1.82) is 0 Å². The average Bonchev–Trinajstić information content (AvgIpc) is 2.04. The van der Waals surface area contributed by atoms with Gasteiger partial charge in [0.25, 0.3) is 0 Å². The zero-order valence-electron chi connectivity index (χ0n) is 8.22. The lowest BCUT2D eigenvalue weighted by Crippen LogP contribution is -2.60. The number of hydrogen-bond acceptors (Lipinski definition) is 4. The Kier molecular flexibility index (Phi) is 4.40. The van der Waals surface area contributed by atoms with Crippen LogP contribution in [0.4, 0.5) is 4.79 Å². The summed E-state index contributed by atoms with van der Waals surface area (Å²) in [6.07, 6.45) is 0.420. The summed E-state index contributed by atoms with van der Waals surface area (Å²) in [6, 6.07) is 0. The first-order chi connectivity index (χ1) is 5.96. The van der Waals surface area contributed by atoms with E-state index in [4.69, 9.17) is 5.73 Å². The van der Waals surface area contributed by atoms with Crippen LogP contribution in [0.15, 0.2) is 0 Å². The van der Waals surface area contributed by atoms with E-state index in [1.54, 1.807) is 0 Å². The number of carbonyl (C=O) groups excluding carboxylic acids is 2. The molecule has 5 nitrogen and oxygen atoms in total. The quantitative estimate of drug-likeness (QED) is 0.625. The first kappa shape index (κ1) is 11.9. The zero-order chi connectivity index (χ0) is 10.5. The fraction of sp³-hybridized carbons (Fsp3) is 0.750. The van der Waals surface area contributed by atoms with Gasteiger partial charge >= 0.3 is 6.09 Å². The van der Waals surface area contributed by atoms with E-state index in [2.05, 4.69) is 10.1 Å². The molecule has 0 radical (unpaired) electrons. The number of Topliss-reactive ketones (excluding diaryl/α,β-unsaturated/α-hetero) is 1. The van der Waals surface area contributed by atoms with Crippen molar-refractivity contribution in [1.82, 2.24) is 5.32 Å². The van der Waals surface area contributed by atoms with Gasteiger partial charge in [-0.25, -0.2) is 4.79 Å². The van der Waals surface area contributed by atoms with Crippen LogP contribution < -0.4 is 11.1 Å². The second kappa shape index (κ2) is 4.81. The minimum absolute atomic E-state index is 0.278. The van der Waals surface area contributed by atoms with E-state index in [9.17, 15) is 9.59 Å². The van der Waals surface area contributed by atoms with Gasteiger partial charge in [-0.2, -0.15) is 0 Å². The van der Waals surface area contributed by atoms with Crippen LogP contribution in [0, 0.1) is 0 Å². The Morgan fingerprint density at radius 1 is 1.54 bits per heavy atom. The van der Waals surface area contributed by atoms with Gasteiger partial charge in [0.15, 0.2) is 11.4 Å². The van der Waals surface area contributed by atoms with E-state index in [1.807, 2.05) is 6.92 Å². The summed E-state index contributed by atoms with van der Waals surface area (Å²) >= 11 is 0. The van der Waals surface area contributed by atoms with Gasteiger partial charge in [0.05, 0.1) is 7.11 Å². The molecular weight excluding hydrogens is 172 g/mol. The standard InChI is InChI=1S/C8H16N2O3/c1-4-5-8(9,6(2)11)10-7(12)13-3/h4-5,9H2,1-3H3,(H,10,12)/t8-/m0/s1. The highest BCUT2D eigenvalue weighted by Crippen LogP contribution is 2.07. The topological polar surface area (TPSA) is 81.4 Å². The Morgan fingerprint density at radius 2 is 2.08 bits per heavy atom. The molecule has 76 valence electrons. The molecule has 0 fully saturated rings. The molecule has 5 heteroatoms. The van der Waals surface area contributed by atoms with Crippen LogP contribution in [0.25, 0.3) is 0 Å². The van der Waals surface area contributed by atoms with E-state index in [0.717, 1.165) is 0 Å². The third-order valence-electron chi connectivity index (χ3n) is 1.78. The summed E-state index contributed by atoms with van der Waals surface area (Å²) in [5.41, 5.74) is 4.38. The predicted octanol–water partition coefficient (Wildman–Crippen LogP) is 0.387. The highest BCUT2D eigenvalue weighted by Gasteiger charge is 2.31. The number of methoxy groups -OCH3 is 1. The van der Waals surface area contributed by atoms with Gasteiger partial charge in [-0.1, -0.05) is 13.3 Å². The van der Waals surface area contributed by atoms with Gasteiger partial charge < -0.3 is 10.5 Å². The van der Waals surface area contributed by atoms with Gasteiger partial charge in [0.1, 0.15) is 0 Å². The summed E-state index contributed by atoms with van der Waals surface area (Å²) in [7, 11) is 1.22. The van der Waals surface area contributed by atoms with Crippen molar-refractivity contribution in [3.63, 3.8) is 0 Å². The van der Waals surface area contributed by atoms with Crippen molar-refractivity contribution in [2.45, 2.75) is 32.4 Å². The molecule has 0 heterocycles. The monoisotopic (exact) mass is 188 g/mol. The number of rotatable bonds is 4. The van der Waals surface area contributed by atoms with E-state index in [1.165, 1.54) is 14.0 Å². The van der Waals surface area contributed by atoms with Gasteiger partial charge in [0.2, 0.25) is 0 Å². The van der Waals surface area contributed by atoms with Crippen LogP contribution >= 0.6 is 0 Å². The van der Waals surface area contributed by atoms with Crippen LogP contribution in [0.5, 0.6) is 0 Å². The Hall–Kier alpha value is -1.10. The summed E-state index contributed by atoms with van der Waals surface area (Å²) in [6.45, 7) is 3.22. The van der Waals surface area contributed by atoms with Crippen LogP contribution in [-0.2, 0) is 9.53 Å². The van der Waals surface area contributed by atoms with Gasteiger partial charge in [-0.05, 0) is 13.3 Å². The lowest BCUT2D eigenvalue weighted by molar-refractivity contribution is -0.123. The maximum Gasteiger partial charge on any atom is 0.408 e. The van der Waals surface area contributed by atoms with Crippen LogP contribution in [0.1, 0.15) is 26.7 Å². The molecule has 1 atom stereocenters. The number of hydrogen-bond donors (Lipinski definition) is 2. The average molecular weight is 188 g/mol. The van der Waals surface area contributed by atoms with Crippen molar-refractivity contribution in [2.24, 2.45) is 5.73 Å². The Morgan fingerprint density at radius 3 is 2.38 bits per heavy atom. The third-order valence-corrected chi connectivity index (χ3v) is 1.78. The lowest BCUT2D eigenvalue weighted by atomic mass is 10.0. The second-order valence-corrected chi connectivity index (χ2v) is 2.89.